The lowest BCUT2D eigenvalue weighted by Crippen LogP contribution is -2.20. The normalized spacial score (nSPS) is 10.3. The Kier molecular flexibility index (Phi) is 7.00. The molecule has 3 nitrogen and oxygen atoms in total. The smallest absolute Gasteiger partial charge is 0.123 e. The second-order valence-corrected chi connectivity index (χ2v) is 4.06. The van der Waals surface area contributed by atoms with Gasteiger partial charge >= 0.3 is 0 Å². The topological polar surface area (TPSA) is 45.0 Å². The standard InChI is InChI=1S/C14H19FN2O/c1-2-3-7-18-8-6-17-11-13-9-14(15)5-4-12(13)10-16/h4-5,9,17H,2-3,6-8,11H2,1H3. The lowest BCUT2D eigenvalue weighted by molar-refractivity contribution is 0.133. The predicted octanol–water partition coefficient (Wildman–Crippen LogP) is 2.60. The summed E-state index contributed by atoms with van der Waals surface area (Å²) in [5.74, 6) is -0.315. The first-order chi connectivity index (χ1) is 8.77. The van der Waals surface area contributed by atoms with Crippen molar-refractivity contribution < 1.29 is 9.13 Å². The number of hydrogen-bond acceptors (Lipinski definition) is 3. The highest BCUT2D eigenvalue weighted by molar-refractivity contribution is 5.37. The minimum absolute atomic E-state index is 0.315. The number of unbranched alkanes of at least 4 members (excludes halogenated alkanes) is 1. The predicted molar refractivity (Wildman–Crippen MR) is 68.5 cm³/mol. The Hall–Kier alpha value is -1.44. The first kappa shape index (κ1) is 14.6. The molecule has 1 aromatic carbocycles. The van der Waals surface area contributed by atoms with Gasteiger partial charge < -0.3 is 10.1 Å². The Bertz CT molecular complexity index is 401. The molecule has 0 aromatic heterocycles. The van der Waals surface area contributed by atoms with E-state index in [2.05, 4.69) is 18.3 Å². The van der Waals surface area contributed by atoms with E-state index in [0.717, 1.165) is 19.4 Å². The molecule has 0 spiro atoms. The maximum Gasteiger partial charge on any atom is 0.123 e. The second kappa shape index (κ2) is 8.62. The molecule has 0 aliphatic carbocycles. The first-order valence-electron chi connectivity index (χ1n) is 6.25. The molecule has 0 amide bonds. The van der Waals surface area contributed by atoms with Crippen molar-refractivity contribution in [3.8, 4) is 6.07 Å². The highest BCUT2D eigenvalue weighted by Gasteiger charge is 2.02. The third-order valence-electron chi connectivity index (χ3n) is 2.57. The Labute approximate surface area is 108 Å². The molecule has 0 aliphatic heterocycles. The summed E-state index contributed by atoms with van der Waals surface area (Å²) in [6.07, 6.45) is 2.20. The summed E-state index contributed by atoms with van der Waals surface area (Å²) in [7, 11) is 0. The number of rotatable bonds is 8. The quantitative estimate of drug-likeness (QED) is 0.721. The number of benzene rings is 1. The molecule has 0 unspecified atom stereocenters. The fraction of sp³-hybridized carbons (Fsp3) is 0.500. The fourth-order valence-corrected chi connectivity index (χ4v) is 1.53. The van der Waals surface area contributed by atoms with Crippen molar-refractivity contribution in [1.29, 1.82) is 5.26 Å². The molecule has 0 aliphatic rings. The average Bonchev–Trinajstić information content (AvgIpc) is 2.38. The third kappa shape index (κ3) is 5.26. The lowest BCUT2D eigenvalue weighted by atomic mass is 10.1. The van der Waals surface area contributed by atoms with E-state index >= 15 is 0 Å². The van der Waals surface area contributed by atoms with E-state index in [1.165, 1.54) is 18.2 Å². The molecular weight excluding hydrogens is 231 g/mol. The Morgan fingerprint density at radius 1 is 1.39 bits per heavy atom. The van der Waals surface area contributed by atoms with E-state index in [1.54, 1.807) is 0 Å². The number of halogens is 1. The molecule has 1 rings (SSSR count). The van der Waals surface area contributed by atoms with Gasteiger partial charge in [-0.1, -0.05) is 13.3 Å². The van der Waals surface area contributed by atoms with Crippen molar-refractivity contribution in [1.82, 2.24) is 5.32 Å². The van der Waals surface area contributed by atoms with Gasteiger partial charge in [-0.2, -0.15) is 5.26 Å². The van der Waals surface area contributed by atoms with Gasteiger partial charge in [-0.15, -0.1) is 0 Å². The number of nitriles is 1. The summed E-state index contributed by atoms with van der Waals surface area (Å²) >= 11 is 0. The molecule has 0 radical (unpaired) electrons. The van der Waals surface area contributed by atoms with E-state index in [4.69, 9.17) is 10.00 Å². The van der Waals surface area contributed by atoms with Crippen LogP contribution in [0.2, 0.25) is 0 Å². The summed E-state index contributed by atoms with van der Waals surface area (Å²) in [6, 6.07) is 6.25. The molecule has 0 fully saturated rings. The molecule has 0 saturated heterocycles. The van der Waals surface area contributed by atoms with E-state index in [0.29, 0.717) is 30.8 Å². The zero-order valence-electron chi connectivity index (χ0n) is 10.7. The van der Waals surface area contributed by atoms with E-state index in [-0.39, 0.29) is 5.82 Å². The maximum atomic E-state index is 13.0. The van der Waals surface area contributed by atoms with Crippen LogP contribution in [0.25, 0.3) is 0 Å². The van der Waals surface area contributed by atoms with Crippen molar-refractivity contribution in [2.24, 2.45) is 0 Å². The summed E-state index contributed by atoms with van der Waals surface area (Å²) in [6.45, 7) is 4.72. The van der Waals surface area contributed by atoms with Crippen molar-refractivity contribution >= 4 is 0 Å². The highest BCUT2D eigenvalue weighted by Crippen LogP contribution is 2.09. The number of nitrogens with one attached hydrogen (secondary N) is 1. The molecule has 1 N–H and O–H groups in total. The van der Waals surface area contributed by atoms with E-state index in [1.807, 2.05) is 0 Å². The van der Waals surface area contributed by atoms with E-state index < -0.39 is 0 Å². The molecule has 98 valence electrons. The minimum atomic E-state index is -0.315. The lowest BCUT2D eigenvalue weighted by Gasteiger charge is -2.07. The Morgan fingerprint density at radius 3 is 2.94 bits per heavy atom. The summed E-state index contributed by atoms with van der Waals surface area (Å²) in [5, 5.41) is 12.0. The van der Waals surface area contributed by atoms with Gasteiger partial charge in [0.1, 0.15) is 5.82 Å². The molecule has 0 atom stereocenters. The minimum Gasteiger partial charge on any atom is -0.380 e. The van der Waals surface area contributed by atoms with Gasteiger partial charge in [0.25, 0.3) is 0 Å². The molecule has 0 bridgehead atoms. The van der Waals surface area contributed by atoms with Crippen LogP contribution < -0.4 is 5.32 Å². The highest BCUT2D eigenvalue weighted by atomic mass is 19.1. The van der Waals surface area contributed by atoms with Crippen LogP contribution in [0.1, 0.15) is 30.9 Å². The van der Waals surface area contributed by atoms with E-state index in [9.17, 15) is 4.39 Å². The largest absolute Gasteiger partial charge is 0.380 e. The van der Waals surface area contributed by atoms with Crippen molar-refractivity contribution in [2.75, 3.05) is 19.8 Å². The zero-order chi connectivity index (χ0) is 13.2. The van der Waals surface area contributed by atoms with Crippen LogP contribution in [0, 0.1) is 17.1 Å². The van der Waals surface area contributed by atoms with Crippen LogP contribution in [0.4, 0.5) is 4.39 Å². The van der Waals surface area contributed by atoms with Crippen LogP contribution in [-0.4, -0.2) is 19.8 Å². The van der Waals surface area contributed by atoms with Gasteiger partial charge in [0.2, 0.25) is 0 Å². The van der Waals surface area contributed by atoms with Crippen LogP contribution in [0.5, 0.6) is 0 Å². The van der Waals surface area contributed by atoms with Crippen LogP contribution in [0.3, 0.4) is 0 Å². The van der Waals surface area contributed by atoms with Crippen molar-refractivity contribution in [3.05, 3.63) is 35.1 Å². The van der Waals surface area contributed by atoms with Gasteiger partial charge in [-0.3, -0.25) is 0 Å². The zero-order valence-corrected chi connectivity index (χ0v) is 10.7. The monoisotopic (exact) mass is 250 g/mol. The third-order valence-corrected chi connectivity index (χ3v) is 2.57. The van der Waals surface area contributed by atoms with Gasteiger partial charge in [-0.05, 0) is 30.2 Å². The van der Waals surface area contributed by atoms with Gasteiger partial charge in [-0.25, -0.2) is 4.39 Å². The first-order valence-corrected chi connectivity index (χ1v) is 6.25. The summed E-state index contributed by atoms with van der Waals surface area (Å²) < 4.78 is 18.4. The van der Waals surface area contributed by atoms with Crippen LogP contribution in [-0.2, 0) is 11.3 Å². The molecule has 0 saturated carbocycles. The Balaban J connectivity index is 2.27. The number of ether oxygens (including phenoxy) is 1. The van der Waals surface area contributed by atoms with Crippen molar-refractivity contribution in [2.45, 2.75) is 26.3 Å². The molecule has 0 heterocycles. The molecule has 1 aromatic rings. The summed E-state index contributed by atoms with van der Waals surface area (Å²) in [4.78, 5) is 0. The summed E-state index contributed by atoms with van der Waals surface area (Å²) in [5.41, 5.74) is 1.20. The number of hydrogen-bond donors (Lipinski definition) is 1. The Morgan fingerprint density at radius 2 is 2.22 bits per heavy atom. The fourth-order valence-electron chi connectivity index (χ4n) is 1.53. The second-order valence-electron chi connectivity index (χ2n) is 4.06. The number of nitrogens with zero attached hydrogens (tertiary/aromatic N) is 1. The maximum absolute atomic E-state index is 13.0. The average molecular weight is 250 g/mol. The van der Waals surface area contributed by atoms with Crippen molar-refractivity contribution in [3.63, 3.8) is 0 Å². The SMILES string of the molecule is CCCCOCCNCc1cc(F)ccc1C#N. The van der Waals surface area contributed by atoms with Crippen LogP contribution in [0.15, 0.2) is 18.2 Å². The van der Waals surface area contributed by atoms with Gasteiger partial charge in [0.15, 0.2) is 0 Å². The molecular formula is C14H19FN2O. The molecule has 4 heteroatoms. The van der Waals surface area contributed by atoms with Crippen LogP contribution >= 0.6 is 0 Å². The van der Waals surface area contributed by atoms with Gasteiger partial charge in [0.05, 0.1) is 18.2 Å². The molecule has 18 heavy (non-hydrogen) atoms. The van der Waals surface area contributed by atoms with Gasteiger partial charge in [0, 0.05) is 19.7 Å².